The van der Waals surface area contributed by atoms with E-state index in [1.807, 2.05) is 0 Å². The monoisotopic (exact) mass is 191 g/mol. The molecular formula is C7H14BrN. The summed E-state index contributed by atoms with van der Waals surface area (Å²) in [6.07, 6.45) is 3.86. The normalized spacial score (nSPS) is 37.7. The van der Waals surface area contributed by atoms with Crippen molar-refractivity contribution >= 4 is 15.9 Å². The first-order chi connectivity index (χ1) is 4.19. The molecule has 0 bridgehead atoms. The van der Waals surface area contributed by atoms with Crippen LogP contribution in [0, 0.1) is 0 Å². The van der Waals surface area contributed by atoms with Gasteiger partial charge in [-0.15, -0.1) is 0 Å². The van der Waals surface area contributed by atoms with Crippen molar-refractivity contribution in [2.24, 2.45) is 0 Å². The molecule has 0 aromatic carbocycles. The molecule has 1 aliphatic heterocycles. The highest BCUT2D eigenvalue weighted by Gasteiger charge is 2.33. The zero-order valence-electron chi connectivity index (χ0n) is 6.15. The quantitative estimate of drug-likeness (QED) is 0.454. The van der Waals surface area contributed by atoms with Crippen molar-refractivity contribution < 1.29 is 0 Å². The van der Waals surface area contributed by atoms with E-state index in [0.29, 0.717) is 4.45 Å². The van der Waals surface area contributed by atoms with E-state index in [9.17, 15) is 0 Å². The van der Waals surface area contributed by atoms with Crippen LogP contribution >= 0.6 is 15.9 Å². The van der Waals surface area contributed by atoms with Crippen LogP contribution in [0.5, 0.6) is 0 Å². The fourth-order valence-corrected chi connectivity index (χ4v) is 1.88. The molecule has 54 valence electrons. The first-order valence-corrected chi connectivity index (χ1v) is 4.38. The van der Waals surface area contributed by atoms with E-state index in [-0.39, 0.29) is 0 Å². The molecule has 0 aromatic heterocycles. The van der Waals surface area contributed by atoms with Crippen molar-refractivity contribution in [2.45, 2.75) is 30.6 Å². The number of halogens is 1. The van der Waals surface area contributed by atoms with E-state index >= 15 is 0 Å². The van der Waals surface area contributed by atoms with Crippen molar-refractivity contribution in [1.29, 1.82) is 0 Å². The van der Waals surface area contributed by atoms with E-state index in [1.165, 1.54) is 25.8 Å². The topological polar surface area (TPSA) is 3.24 Å². The molecule has 1 rings (SSSR count). The summed E-state index contributed by atoms with van der Waals surface area (Å²) in [4.78, 5) is 2.40. The highest BCUT2D eigenvalue weighted by Crippen LogP contribution is 2.36. The summed E-state index contributed by atoms with van der Waals surface area (Å²) in [7, 11) is 2.19. The largest absolute Gasteiger partial charge is 0.292 e. The van der Waals surface area contributed by atoms with E-state index in [1.54, 1.807) is 0 Å². The minimum absolute atomic E-state index is 0.340. The first kappa shape index (κ1) is 7.55. The lowest BCUT2D eigenvalue weighted by atomic mass is 10.2. The van der Waals surface area contributed by atoms with Crippen LogP contribution in [0.4, 0.5) is 0 Å². The Bertz CT molecular complexity index is 105. The summed E-state index contributed by atoms with van der Waals surface area (Å²) in [5.74, 6) is 0. The van der Waals surface area contributed by atoms with Gasteiger partial charge in [0.25, 0.3) is 0 Å². The highest BCUT2D eigenvalue weighted by molar-refractivity contribution is 9.10. The third kappa shape index (κ3) is 1.30. The maximum Gasteiger partial charge on any atom is 0.0762 e. The zero-order valence-corrected chi connectivity index (χ0v) is 7.74. The first-order valence-electron chi connectivity index (χ1n) is 3.59. The van der Waals surface area contributed by atoms with Gasteiger partial charge < -0.3 is 0 Å². The molecule has 1 heterocycles. The molecule has 1 nitrogen and oxygen atoms in total. The molecule has 1 aliphatic rings. The van der Waals surface area contributed by atoms with Gasteiger partial charge in [-0.3, -0.25) is 4.90 Å². The van der Waals surface area contributed by atoms with Gasteiger partial charge in [-0.05, 0) is 32.9 Å². The van der Waals surface area contributed by atoms with E-state index in [4.69, 9.17) is 0 Å². The lowest BCUT2D eigenvalue weighted by Crippen LogP contribution is -2.33. The van der Waals surface area contributed by atoms with Gasteiger partial charge >= 0.3 is 0 Å². The summed E-state index contributed by atoms with van der Waals surface area (Å²) >= 11 is 3.74. The molecule has 0 amide bonds. The smallest absolute Gasteiger partial charge is 0.0762 e. The molecule has 1 unspecified atom stereocenters. The Labute approximate surface area is 65.6 Å². The van der Waals surface area contributed by atoms with Gasteiger partial charge in [0.1, 0.15) is 0 Å². The average Bonchev–Trinajstić information content (AvgIpc) is 2.15. The predicted molar refractivity (Wildman–Crippen MR) is 43.8 cm³/mol. The summed E-state index contributed by atoms with van der Waals surface area (Å²) in [5.41, 5.74) is 0. The number of rotatable bonds is 1. The molecule has 9 heavy (non-hydrogen) atoms. The molecule has 0 spiro atoms. The van der Waals surface area contributed by atoms with Crippen LogP contribution in [0.25, 0.3) is 0 Å². The molecular weight excluding hydrogens is 178 g/mol. The molecule has 1 fully saturated rings. The summed E-state index contributed by atoms with van der Waals surface area (Å²) in [5, 5.41) is 0. The molecule has 1 atom stereocenters. The van der Waals surface area contributed by atoms with Gasteiger partial charge in [0.2, 0.25) is 0 Å². The predicted octanol–water partition coefficient (Wildman–Crippen LogP) is 2.21. The van der Waals surface area contributed by atoms with Crippen LogP contribution in [0.3, 0.4) is 0 Å². The highest BCUT2D eigenvalue weighted by atomic mass is 79.9. The van der Waals surface area contributed by atoms with E-state index < -0.39 is 0 Å². The Morgan fingerprint density at radius 1 is 1.67 bits per heavy atom. The molecule has 0 saturated carbocycles. The van der Waals surface area contributed by atoms with Crippen LogP contribution < -0.4 is 0 Å². The third-order valence-corrected chi connectivity index (χ3v) is 3.84. The number of hydrogen-bond donors (Lipinski definition) is 0. The van der Waals surface area contributed by atoms with Crippen molar-refractivity contribution in [3.63, 3.8) is 0 Å². The number of likely N-dealkylation sites (tertiary alicyclic amines) is 1. The second kappa shape index (κ2) is 2.59. The Morgan fingerprint density at radius 2 is 2.33 bits per heavy atom. The average molecular weight is 192 g/mol. The molecule has 0 aliphatic carbocycles. The summed E-state index contributed by atoms with van der Waals surface area (Å²) in [6.45, 7) is 3.48. The van der Waals surface area contributed by atoms with Gasteiger partial charge in [0.05, 0.1) is 4.45 Å². The Hall–Kier alpha value is 0.440. The van der Waals surface area contributed by atoms with Gasteiger partial charge in [-0.25, -0.2) is 0 Å². The van der Waals surface area contributed by atoms with E-state index in [2.05, 4.69) is 34.8 Å². The van der Waals surface area contributed by atoms with Gasteiger partial charge in [0, 0.05) is 0 Å². The van der Waals surface area contributed by atoms with Crippen molar-refractivity contribution in [3.8, 4) is 0 Å². The van der Waals surface area contributed by atoms with Crippen LogP contribution in [-0.2, 0) is 0 Å². The second-order valence-corrected chi connectivity index (χ2v) is 4.27. The Balaban J connectivity index is 2.56. The lowest BCUT2D eigenvalue weighted by Gasteiger charge is -2.28. The maximum absolute atomic E-state index is 3.74. The van der Waals surface area contributed by atoms with Crippen molar-refractivity contribution in [2.75, 3.05) is 13.6 Å². The lowest BCUT2D eigenvalue weighted by molar-refractivity contribution is 0.277. The Morgan fingerprint density at radius 3 is 2.56 bits per heavy atom. The number of nitrogens with zero attached hydrogens (tertiary/aromatic N) is 1. The molecule has 0 aromatic rings. The molecule has 0 N–H and O–H groups in total. The fraction of sp³-hybridized carbons (Fsp3) is 1.00. The zero-order chi connectivity index (χ0) is 6.91. The SMILES string of the molecule is CCC1(Br)CCCN1C. The van der Waals surface area contributed by atoms with E-state index in [0.717, 1.165) is 0 Å². The summed E-state index contributed by atoms with van der Waals surface area (Å²) in [6, 6.07) is 0. The number of alkyl halides is 1. The third-order valence-electron chi connectivity index (χ3n) is 2.28. The minimum Gasteiger partial charge on any atom is -0.292 e. The van der Waals surface area contributed by atoms with Gasteiger partial charge in [-0.2, -0.15) is 0 Å². The van der Waals surface area contributed by atoms with Crippen LogP contribution in [0.2, 0.25) is 0 Å². The second-order valence-electron chi connectivity index (χ2n) is 2.80. The maximum atomic E-state index is 3.74. The molecule has 0 radical (unpaired) electrons. The minimum atomic E-state index is 0.340. The van der Waals surface area contributed by atoms with Crippen LogP contribution in [-0.4, -0.2) is 22.9 Å². The standard InChI is InChI=1S/C7H14BrN/c1-3-7(8)5-4-6-9(7)2/h3-6H2,1-2H3. The van der Waals surface area contributed by atoms with Gasteiger partial charge in [0.15, 0.2) is 0 Å². The van der Waals surface area contributed by atoms with Crippen LogP contribution in [0.1, 0.15) is 26.2 Å². The van der Waals surface area contributed by atoms with Crippen LogP contribution in [0.15, 0.2) is 0 Å². The summed E-state index contributed by atoms with van der Waals surface area (Å²) < 4.78 is 0.340. The van der Waals surface area contributed by atoms with Crippen molar-refractivity contribution in [3.05, 3.63) is 0 Å². The fourth-order valence-electron chi connectivity index (χ4n) is 1.43. The van der Waals surface area contributed by atoms with Gasteiger partial charge in [-0.1, -0.05) is 22.9 Å². The molecule has 2 heteroatoms. The van der Waals surface area contributed by atoms with Crippen molar-refractivity contribution in [1.82, 2.24) is 4.90 Å². The molecule has 1 saturated heterocycles. The number of hydrogen-bond acceptors (Lipinski definition) is 1. The Kier molecular flexibility index (Phi) is 2.17.